The van der Waals surface area contributed by atoms with Crippen LogP contribution >= 0.6 is 38.8 Å². The number of benzene rings is 4. The van der Waals surface area contributed by atoms with Crippen LogP contribution in [-0.2, 0) is 10.8 Å². The number of azo groups is 2. The molecule has 0 aliphatic carbocycles. The van der Waals surface area contributed by atoms with Crippen molar-refractivity contribution in [3.8, 4) is 11.5 Å². The number of aryl methyl sites for hydroxylation is 4. The molecule has 0 aromatic heterocycles. The van der Waals surface area contributed by atoms with Gasteiger partial charge in [0.15, 0.2) is 21.3 Å². The third-order valence-electron chi connectivity index (χ3n) is 6.40. The molecule has 264 valence electrons. The Labute approximate surface area is 310 Å². The number of hydrogen-bond donors (Lipinski definition) is 0. The first-order valence-corrected chi connectivity index (χ1v) is 30.0. The second-order valence-corrected chi connectivity index (χ2v) is 38.1. The number of hydrogen-bond acceptors (Lipinski definition) is 12. The first-order chi connectivity index (χ1) is 23.9. The minimum absolute atomic E-state index is 0.111. The molecule has 0 spiro atoms. The van der Waals surface area contributed by atoms with E-state index in [4.69, 9.17) is 59.0 Å². The Morgan fingerprint density at radius 2 is 0.922 bits per heavy atom. The van der Waals surface area contributed by atoms with E-state index in [1.807, 2.05) is 0 Å². The van der Waals surface area contributed by atoms with E-state index in [-0.39, 0.29) is 34.1 Å². The van der Waals surface area contributed by atoms with E-state index in [1.165, 1.54) is 26.4 Å². The zero-order chi connectivity index (χ0) is 38.5. The Kier molecular flexibility index (Phi) is 16.1. The molecule has 0 aliphatic rings. The van der Waals surface area contributed by atoms with E-state index >= 15 is 0 Å². The molecule has 0 fully saturated rings. The molecule has 0 saturated heterocycles. The molecule has 0 radical (unpaired) electrons. The summed E-state index contributed by atoms with van der Waals surface area (Å²) in [6, 6.07) is 15.7. The molecule has 4 rings (SSSR count). The maximum atomic E-state index is 11.1. The number of methoxy groups -OCH3 is 2. The summed E-state index contributed by atoms with van der Waals surface area (Å²) < 4.78 is 10.2. The average molecular weight is 832 g/mol. The van der Waals surface area contributed by atoms with Gasteiger partial charge in [-0.05, 0) is 62.1 Å². The molecule has 0 heterocycles. The number of diazo groups is 2. The Morgan fingerprint density at radius 1 is 0.608 bits per heavy atom. The predicted molar refractivity (Wildman–Crippen MR) is 192 cm³/mol. The first kappa shape index (κ1) is 42.3. The third kappa shape index (κ3) is 13.4. The van der Waals surface area contributed by atoms with Crippen molar-refractivity contribution < 1.29 is 30.1 Å². The fourth-order valence-corrected chi connectivity index (χ4v) is 3.97. The minimum atomic E-state index is -3.36. The molecule has 0 aliphatic heterocycles. The Bertz CT molecular complexity index is 1940. The molecule has 21 heteroatoms. The number of nitrogens with zero attached hydrogens (tertiary/aromatic N) is 10. The van der Waals surface area contributed by atoms with Gasteiger partial charge in [0, 0.05) is 36.4 Å². The van der Waals surface area contributed by atoms with Crippen LogP contribution in [0, 0.1) is 58.7 Å². The Morgan fingerprint density at radius 3 is 1.20 bits per heavy atom. The van der Waals surface area contributed by atoms with Gasteiger partial charge in [-0.1, -0.05) is 12.1 Å². The van der Waals surface area contributed by atoms with Gasteiger partial charge in [-0.15, -0.1) is 20.5 Å². The van der Waals surface area contributed by atoms with E-state index in [9.17, 15) is 20.2 Å². The molecular formula is C30H28Cl4N10O6Zn. The van der Waals surface area contributed by atoms with Gasteiger partial charge in [0.25, 0.3) is 11.4 Å². The van der Waals surface area contributed by atoms with Gasteiger partial charge in [0.05, 0.1) is 35.4 Å². The second-order valence-electron chi connectivity index (χ2n) is 10.3. The zero-order valence-corrected chi connectivity index (χ0v) is 33.9. The summed E-state index contributed by atoms with van der Waals surface area (Å²) in [5, 5.41) is 56.0. The van der Waals surface area contributed by atoms with Crippen molar-refractivity contribution in [3.05, 3.63) is 113 Å². The van der Waals surface area contributed by atoms with E-state index in [1.54, 1.807) is 76.2 Å². The van der Waals surface area contributed by atoms with E-state index in [0.29, 0.717) is 34.0 Å². The summed E-state index contributed by atoms with van der Waals surface area (Å²) >= 11 is 0. The maximum absolute atomic E-state index is 11.1. The van der Waals surface area contributed by atoms with Crippen molar-refractivity contribution >= 4 is 84.3 Å². The molecule has 4 aromatic rings. The summed E-state index contributed by atoms with van der Waals surface area (Å²) in [5.74, 6) is 0.649. The number of nitro groups is 2. The molecule has 0 bridgehead atoms. The van der Waals surface area contributed by atoms with Gasteiger partial charge in [-0.25, -0.2) is 0 Å². The summed E-state index contributed by atoms with van der Waals surface area (Å²) in [7, 11) is 19.7. The molecule has 51 heavy (non-hydrogen) atoms. The van der Waals surface area contributed by atoms with Crippen molar-refractivity contribution in [2.24, 2.45) is 20.5 Å². The molecular weight excluding hydrogens is 804 g/mol. The number of rotatable bonds is 8. The molecule has 0 N–H and O–H groups in total. The van der Waals surface area contributed by atoms with Crippen LogP contribution < -0.4 is 9.47 Å². The van der Waals surface area contributed by atoms with Crippen LogP contribution in [0.3, 0.4) is 0 Å². The second kappa shape index (κ2) is 19.5. The van der Waals surface area contributed by atoms with Crippen molar-refractivity contribution in [2.75, 3.05) is 14.2 Å². The van der Waals surface area contributed by atoms with Crippen molar-refractivity contribution in [2.45, 2.75) is 27.7 Å². The normalized spacial score (nSPS) is 10.7. The standard InChI is InChI=1S/2C15H14N5O3.4ClH.Zn/c2*1-9-4-5-11(14(6-9)20(21)22)18-19-12-8-15(23-3)13(17-16)7-10(12)2;;;;;/h2*4-8H,1-3H3;4*1H;/q2*+1;;;;;+2/p-4. The molecule has 0 atom stereocenters. The average Bonchev–Trinajstić information content (AvgIpc) is 3.07. The van der Waals surface area contributed by atoms with Crippen LogP contribution in [-0.4, -0.2) is 24.1 Å². The van der Waals surface area contributed by atoms with Crippen LogP contribution in [0.15, 0.2) is 81.1 Å². The fourth-order valence-electron chi connectivity index (χ4n) is 3.97. The van der Waals surface area contributed by atoms with Crippen LogP contribution in [0.5, 0.6) is 11.5 Å². The summed E-state index contributed by atoms with van der Waals surface area (Å²) in [5.41, 5.74) is 4.48. The topological polar surface area (TPSA) is 210 Å². The van der Waals surface area contributed by atoms with Crippen LogP contribution in [0.25, 0.3) is 9.95 Å². The van der Waals surface area contributed by atoms with Crippen molar-refractivity contribution in [1.82, 2.24) is 0 Å². The fraction of sp³-hybridized carbons (Fsp3) is 0.200. The first-order valence-electron chi connectivity index (χ1n) is 14.4. The molecule has 4 aromatic carbocycles. The SMILES string of the molecule is COc1cc(N=Nc2ccc(C)cc2[N+](=O)[O-])c(C)cc1[N+]#N.COc1cc(N=Nc2ccc(C)cc2[N+](=O)[O-])c(C)cc1[N+]#N.[Cl][Zn-2]([Cl])([Cl])[Cl]. The Balaban J connectivity index is 0.000000312. The van der Waals surface area contributed by atoms with E-state index in [0.717, 1.165) is 11.1 Å². The van der Waals surface area contributed by atoms with Crippen molar-refractivity contribution in [3.63, 3.8) is 0 Å². The summed E-state index contributed by atoms with van der Waals surface area (Å²) in [6.45, 7) is 7.04. The number of nitro benzene ring substituents is 2. The Hall–Kier alpha value is -4.90. The quantitative estimate of drug-likeness (QED) is 0.0546. The number of ether oxygens (including phenoxy) is 2. The van der Waals surface area contributed by atoms with Gasteiger partial charge in [-0.2, -0.15) is 0 Å². The van der Waals surface area contributed by atoms with Gasteiger partial charge in [0.1, 0.15) is 0 Å². The summed E-state index contributed by atoms with van der Waals surface area (Å²) in [4.78, 5) is 27.4. The monoisotopic (exact) mass is 828 g/mol. The van der Waals surface area contributed by atoms with Crippen LogP contribution in [0.4, 0.5) is 45.5 Å². The number of halogens is 4. The zero-order valence-electron chi connectivity index (χ0n) is 27.9. The van der Waals surface area contributed by atoms with Gasteiger partial charge >= 0.3 is 61.0 Å². The van der Waals surface area contributed by atoms with Crippen molar-refractivity contribution in [1.29, 1.82) is 10.8 Å². The summed E-state index contributed by atoms with van der Waals surface area (Å²) in [6.07, 6.45) is 0. The van der Waals surface area contributed by atoms with E-state index in [2.05, 4.69) is 30.4 Å². The van der Waals surface area contributed by atoms with Crippen LogP contribution in [0.2, 0.25) is 0 Å². The third-order valence-corrected chi connectivity index (χ3v) is 6.40. The van der Waals surface area contributed by atoms with E-state index < -0.39 is 20.7 Å². The predicted octanol–water partition coefficient (Wildman–Crippen LogP) is 13.0. The molecule has 0 amide bonds. The van der Waals surface area contributed by atoms with Gasteiger partial charge in [-0.3, -0.25) is 20.2 Å². The molecule has 16 nitrogen and oxygen atoms in total. The van der Waals surface area contributed by atoms with Gasteiger partial charge in [0.2, 0.25) is 22.3 Å². The van der Waals surface area contributed by atoms with Gasteiger partial charge < -0.3 is 9.47 Å². The van der Waals surface area contributed by atoms with Crippen LogP contribution in [0.1, 0.15) is 22.3 Å². The molecule has 0 unspecified atom stereocenters. The molecule has 0 saturated carbocycles.